The minimum atomic E-state index is -0.157. The highest BCUT2D eigenvalue weighted by atomic mass is 127. The standard InChI is InChI=1S/C17H32N4O3.HI/c1-17(8-6-10-24-17)13-20-16(19-12-15(22)21(2)3)18-11-14-7-4-5-9-23-14;/h14H,4-13H2,1-3H3,(H2,18,19,20);1H. The number of nitrogens with one attached hydrogen (secondary N) is 2. The minimum absolute atomic E-state index is 0. The maximum Gasteiger partial charge on any atom is 0.243 e. The van der Waals surface area contributed by atoms with Crippen molar-refractivity contribution in [1.82, 2.24) is 15.5 Å². The Morgan fingerprint density at radius 2 is 2.04 bits per heavy atom. The van der Waals surface area contributed by atoms with Gasteiger partial charge >= 0.3 is 0 Å². The fraction of sp³-hybridized carbons (Fsp3) is 0.882. The molecule has 2 heterocycles. The van der Waals surface area contributed by atoms with Crippen molar-refractivity contribution >= 4 is 35.8 Å². The van der Waals surface area contributed by atoms with E-state index in [1.54, 1.807) is 19.0 Å². The monoisotopic (exact) mass is 468 g/mol. The molecule has 0 aromatic rings. The Balaban J connectivity index is 0.00000312. The zero-order chi connectivity index (χ0) is 17.4. The van der Waals surface area contributed by atoms with Crippen LogP contribution in [0.25, 0.3) is 0 Å². The molecule has 0 saturated carbocycles. The number of aliphatic imine (C=N–C) groups is 1. The van der Waals surface area contributed by atoms with Crippen LogP contribution in [-0.4, -0.2) is 75.4 Å². The lowest BCUT2D eigenvalue weighted by molar-refractivity contribution is -0.127. The van der Waals surface area contributed by atoms with Gasteiger partial charge in [0.15, 0.2) is 5.96 Å². The van der Waals surface area contributed by atoms with Crippen LogP contribution in [0.15, 0.2) is 4.99 Å². The highest BCUT2D eigenvalue weighted by Gasteiger charge is 2.29. The summed E-state index contributed by atoms with van der Waals surface area (Å²) in [7, 11) is 3.48. The third-order valence-corrected chi connectivity index (χ3v) is 4.57. The van der Waals surface area contributed by atoms with E-state index in [9.17, 15) is 4.79 Å². The molecule has 8 heteroatoms. The summed E-state index contributed by atoms with van der Waals surface area (Å²) in [6.45, 7) is 5.27. The fourth-order valence-electron chi connectivity index (χ4n) is 2.89. The quantitative estimate of drug-likeness (QED) is 0.350. The molecule has 0 radical (unpaired) electrons. The first-order valence-corrected chi connectivity index (χ1v) is 8.96. The van der Waals surface area contributed by atoms with Gasteiger partial charge in [0.2, 0.25) is 5.91 Å². The topological polar surface area (TPSA) is 75.2 Å². The van der Waals surface area contributed by atoms with Gasteiger partial charge in [-0.2, -0.15) is 0 Å². The molecule has 0 spiro atoms. The van der Waals surface area contributed by atoms with E-state index in [0.717, 1.165) is 38.9 Å². The van der Waals surface area contributed by atoms with Gasteiger partial charge in [0.05, 0.1) is 11.7 Å². The molecule has 2 aliphatic rings. The van der Waals surface area contributed by atoms with Crippen LogP contribution in [0.2, 0.25) is 0 Å². The van der Waals surface area contributed by atoms with Gasteiger partial charge in [-0.05, 0) is 39.0 Å². The summed E-state index contributed by atoms with van der Waals surface area (Å²) in [5.41, 5.74) is -0.157. The number of ether oxygens (including phenoxy) is 2. The number of hydrogen-bond acceptors (Lipinski definition) is 4. The van der Waals surface area contributed by atoms with Gasteiger partial charge in [-0.25, -0.2) is 4.99 Å². The Morgan fingerprint density at radius 3 is 2.64 bits per heavy atom. The van der Waals surface area contributed by atoms with Crippen molar-refractivity contribution in [2.75, 3.05) is 46.9 Å². The highest BCUT2D eigenvalue weighted by molar-refractivity contribution is 14.0. The van der Waals surface area contributed by atoms with E-state index >= 15 is 0 Å². The van der Waals surface area contributed by atoms with E-state index in [0.29, 0.717) is 19.0 Å². The zero-order valence-electron chi connectivity index (χ0n) is 15.7. The van der Waals surface area contributed by atoms with Gasteiger partial charge < -0.3 is 25.0 Å². The summed E-state index contributed by atoms with van der Waals surface area (Å²) in [6.07, 6.45) is 5.76. The average Bonchev–Trinajstić information content (AvgIpc) is 3.01. The molecule has 25 heavy (non-hydrogen) atoms. The second-order valence-electron chi connectivity index (χ2n) is 7.08. The van der Waals surface area contributed by atoms with Gasteiger partial charge in [0.1, 0.15) is 6.54 Å². The summed E-state index contributed by atoms with van der Waals surface area (Å²) >= 11 is 0. The number of carbonyl (C=O) groups is 1. The van der Waals surface area contributed by atoms with Crippen molar-refractivity contribution in [3.8, 4) is 0 Å². The third kappa shape index (κ3) is 8.08. The first-order chi connectivity index (χ1) is 11.5. The molecule has 2 fully saturated rings. The number of likely N-dealkylation sites (N-methyl/N-ethyl adjacent to an activating group) is 1. The normalized spacial score (nSPS) is 26.7. The summed E-state index contributed by atoms with van der Waals surface area (Å²) in [4.78, 5) is 17.8. The van der Waals surface area contributed by atoms with Crippen LogP contribution in [0.1, 0.15) is 39.0 Å². The predicted molar refractivity (Wildman–Crippen MR) is 110 cm³/mol. The second kappa shape index (κ2) is 11.2. The smallest absolute Gasteiger partial charge is 0.243 e. The van der Waals surface area contributed by atoms with Crippen LogP contribution in [0.3, 0.4) is 0 Å². The van der Waals surface area contributed by atoms with Crippen molar-refractivity contribution in [2.24, 2.45) is 4.99 Å². The molecule has 0 aliphatic carbocycles. The summed E-state index contributed by atoms with van der Waals surface area (Å²) in [5.74, 6) is 0.629. The molecule has 2 rings (SSSR count). The first-order valence-electron chi connectivity index (χ1n) is 8.96. The SMILES string of the molecule is CN(C)C(=O)CN=C(NCC1CCCCO1)NCC1(C)CCCO1.I. The van der Waals surface area contributed by atoms with E-state index < -0.39 is 0 Å². The van der Waals surface area contributed by atoms with Crippen LogP contribution >= 0.6 is 24.0 Å². The maximum absolute atomic E-state index is 11.8. The van der Waals surface area contributed by atoms with Gasteiger partial charge in [-0.1, -0.05) is 0 Å². The van der Waals surface area contributed by atoms with E-state index in [1.165, 1.54) is 6.42 Å². The first kappa shape index (κ1) is 22.4. The molecule has 2 unspecified atom stereocenters. The molecule has 2 saturated heterocycles. The highest BCUT2D eigenvalue weighted by Crippen LogP contribution is 2.23. The molecule has 0 aromatic carbocycles. The fourth-order valence-corrected chi connectivity index (χ4v) is 2.89. The summed E-state index contributed by atoms with van der Waals surface area (Å²) in [5, 5.41) is 6.64. The number of rotatable bonds is 6. The number of guanidine groups is 1. The Hall–Kier alpha value is -0.610. The molecule has 0 bridgehead atoms. The van der Waals surface area contributed by atoms with Crippen LogP contribution in [-0.2, 0) is 14.3 Å². The Labute approximate surface area is 168 Å². The third-order valence-electron chi connectivity index (χ3n) is 4.57. The van der Waals surface area contributed by atoms with Crippen molar-refractivity contribution < 1.29 is 14.3 Å². The molecule has 0 aromatic heterocycles. The maximum atomic E-state index is 11.8. The molecule has 1 amide bonds. The number of amides is 1. The van der Waals surface area contributed by atoms with E-state index in [1.807, 2.05) is 0 Å². The van der Waals surface area contributed by atoms with Gasteiger partial charge in [0, 0.05) is 40.4 Å². The van der Waals surface area contributed by atoms with E-state index in [2.05, 4.69) is 22.5 Å². The summed E-state index contributed by atoms with van der Waals surface area (Å²) < 4.78 is 11.5. The average molecular weight is 468 g/mol. The second-order valence-corrected chi connectivity index (χ2v) is 7.08. The Morgan fingerprint density at radius 1 is 1.24 bits per heavy atom. The molecular weight excluding hydrogens is 435 g/mol. The molecule has 7 nitrogen and oxygen atoms in total. The van der Waals surface area contributed by atoms with Gasteiger partial charge in [0.25, 0.3) is 0 Å². The van der Waals surface area contributed by atoms with Crippen LogP contribution in [0, 0.1) is 0 Å². The number of hydrogen-bond donors (Lipinski definition) is 2. The van der Waals surface area contributed by atoms with Crippen molar-refractivity contribution in [3.05, 3.63) is 0 Å². The zero-order valence-corrected chi connectivity index (χ0v) is 18.0. The minimum Gasteiger partial charge on any atom is -0.376 e. The van der Waals surface area contributed by atoms with Crippen molar-refractivity contribution in [1.29, 1.82) is 0 Å². The van der Waals surface area contributed by atoms with Crippen LogP contribution < -0.4 is 10.6 Å². The van der Waals surface area contributed by atoms with Gasteiger partial charge in [-0.15, -0.1) is 24.0 Å². The molecule has 146 valence electrons. The number of carbonyl (C=O) groups excluding carboxylic acids is 1. The van der Waals surface area contributed by atoms with E-state index in [4.69, 9.17) is 9.47 Å². The number of nitrogens with zero attached hydrogens (tertiary/aromatic N) is 2. The molecule has 2 atom stereocenters. The molecule has 2 aliphatic heterocycles. The van der Waals surface area contributed by atoms with Crippen molar-refractivity contribution in [3.63, 3.8) is 0 Å². The lowest BCUT2D eigenvalue weighted by atomic mass is 10.0. The largest absolute Gasteiger partial charge is 0.376 e. The van der Waals surface area contributed by atoms with Crippen LogP contribution in [0.4, 0.5) is 0 Å². The number of halogens is 1. The van der Waals surface area contributed by atoms with Crippen LogP contribution in [0.5, 0.6) is 0 Å². The van der Waals surface area contributed by atoms with E-state index in [-0.39, 0.29) is 48.1 Å². The van der Waals surface area contributed by atoms with Gasteiger partial charge in [-0.3, -0.25) is 4.79 Å². The Kier molecular flexibility index (Phi) is 10.0. The lowest BCUT2D eigenvalue weighted by Gasteiger charge is -2.27. The van der Waals surface area contributed by atoms with Crippen molar-refractivity contribution in [2.45, 2.75) is 50.7 Å². The lowest BCUT2D eigenvalue weighted by Crippen LogP contribution is -2.48. The summed E-state index contributed by atoms with van der Waals surface area (Å²) in [6, 6.07) is 0. The molecule has 2 N–H and O–H groups in total. The molecular formula is C17H33IN4O3. The Bertz CT molecular complexity index is 434. The predicted octanol–water partition coefficient (Wildman–Crippen LogP) is 1.37.